The molecule has 11 amide bonds. The van der Waals surface area contributed by atoms with Gasteiger partial charge >= 0.3 is 5.97 Å². The monoisotopic (exact) mass is 1170 g/mol. The highest BCUT2D eigenvalue weighted by atomic mass is 16.4. The number of aliphatic hydroxyl groups excluding tert-OH is 2. The lowest BCUT2D eigenvalue weighted by molar-refractivity contribution is -0.143. The molecule has 1 saturated heterocycles. The van der Waals surface area contributed by atoms with Crippen molar-refractivity contribution >= 4 is 70.9 Å². The maximum Gasteiger partial charge on any atom is 0.326 e. The third-order valence-electron chi connectivity index (χ3n) is 13.4. The molecule has 0 spiro atoms. The van der Waals surface area contributed by atoms with E-state index in [1.807, 2.05) is 0 Å². The minimum Gasteiger partial charge on any atom is -0.508 e. The lowest BCUT2D eigenvalue weighted by Crippen LogP contribution is -2.62. The topological polar surface area (TPSA) is 449 Å². The number of benzene rings is 2. The molecular formula is C55H82N12O16. The van der Waals surface area contributed by atoms with Crippen LogP contribution in [0.2, 0.25) is 0 Å². The van der Waals surface area contributed by atoms with Gasteiger partial charge in [0.1, 0.15) is 60.1 Å². The van der Waals surface area contributed by atoms with Crippen LogP contribution in [0.1, 0.15) is 92.2 Å². The molecule has 1 aliphatic heterocycles. The zero-order valence-electron chi connectivity index (χ0n) is 47.9. The van der Waals surface area contributed by atoms with Crippen LogP contribution in [-0.2, 0) is 70.4 Å². The first-order chi connectivity index (χ1) is 38.9. The van der Waals surface area contributed by atoms with Crippen molar-refractivity contribution in [2.45, 2.75) is 160 Å². The number of carboxylic acid groups (broad SMARTS) is 1. The fourth-order valence-electron chi connectivity index (χ4n) is 8.77. The Hall–Kier alpha value is -8.24. The standard InChI is InChI=1S/C55H82N12O16/c1-27(2)21-36(48(75)59-30(7)46(73)63-38(55(82)83)23-32-13-10-9-11-14-32)61-50(77)39(26-68)60-42(72)25-58-52(79)43(28(3)4)64-49(76)37(24-41(57)71)62-53(80)45(31(8)69)66-51(78)40-15-12-20-67(40)54(81)44(29(5)6)65-47(74)35(56)22-33-16-18-34(70)19-17-33/h9-11,13-14,16-19,27-31,35-40,43-45,68-70H,12,15,20-26,56H2,1-8H3,(H2,57,71)(H,58,79)(H,59,75)(H,60,72)(H,61,77)(H,62,80)(H,63,73)(H,64,76)(H,65,74)(H,66,78)(H,82,83)/t30-,31+,35-,36-,37-,38-,39-,40-,43-,44-,45-/m0/s1. The first-order valence-electron chi connectivity index (χ1n) is 27.3. The first-order valence-corrected chi connectivity index (χ1v) is 27.3. The number of rotatable bonds is 32. The number of carbonyl (C=O) groups excluding carboxylic acids is 11. The van der Waals surface area contributed by atoms with Crippen molar-refractivity contribution in [2.75, 3.05) is 19.7 Å². The fraction of sp³-hybridized carbons (Fsp3) is 0.564. The predicted molar refractivity (Wildman–Crippen MR) is 298 cm³/mol. The molecule has 3 rings (SSSR count). The summed E-state index contributed by atoms with van der Waals surface area (Å²) in [4.78, 5) is 160. The van der Waals surface area contributed by atoms with Gasteiger partial charge in [-0.1, -0.05) is 84.0 Å². The van der Waals surface area contributed by atoms with Crippen molar-refractivity contribution in [1.29, 1.82) is 0 Å². The quantitative estimate of drug-likeness (QED) is 0.0334. The van der Waals surface area contributed by atoms with Gasteiger partial charge in [-0.05, 0) is 80.5 Å². The number of hydrogen-bond acceptors (Lipinski definition) is 16. The molecule has 1 fully saturated rings. The molecule has 17 N–H and O–H groups in total. The van der Waals surface area contributed by atoms with E-state index in [1.54, 1.807) is 70.2 Å². The molecule has 83 heavy (non-hydrogen) atoms. The van der Waals surface area contributed by atoms with Crippen LogP contribution < -0.4 is 59.3 Å². The number of carboxylic acids is 1. The molecule has 0 bridgehead atoms. The summed E-state index contributed by atoms with van der Waals surface area (Å²) in [6, 6.07) is 0.662. The van der Waals surface area contributed by atoms with Crippen LogP contribution in [0.3, 0.4) is 0 Å². The highest BCUT2D eigenvalue weighted by Crippen LogP contribution is 2.22. The number of aliphatic carboxylic acids is 1. The van der Waals surface area contributed by atoms with E-state index < -0.39 is 169 Å². The number of likely N-dealkylation sites (tertiary alicyclic amines) is 1. The summed E-state index contributed by atoms with van der Waals surface area (Å²) in [6.45, 7) is 10.6. The number of aromatic hydroxyl groups is 1. The number of hydrogen-bond donors (Lipinski definition) is 15. The zero-order chi connectivity index (χ0) is 62.4. The van der Waals surface area contributed by atoms with Gasteiger partial charge in [-0.2, -0.15) is 0 Å². The number of nitrogens with one attached hydrogen (secondary N) is 9. The van der Waals surface area contributed by atoms with Crippen LogP contribution in [-0.4, -0.2) is 182 Å². The first kappa shape index (κ1) is 69.0. The number of nitrogens with two attached hydrogens (primary N) is 2. The number of carbonyl (C=O) groups is 12. The van der Waals surface area contributed by atoms with Gasteiger partial charge in [0.2, 0.25) is 65.0 Å². The normalized spacial score (nSPS) is 16.7. The third kappa shape index (κ3) is 22.2. The average Bonchev–Trinajstić information content (AvgIpc) is 4.21. The second-order valence-electron chi connectivity index (χ2n) is 21.6. The van der Waals surface area contributed by atoms with Crippen LogP contribution in [0.25, 0.3) is 0 Å². The van der Waals surface area contributed by atoms with E-state index >= 15 is 0 Å². The SMILES string of the molecule is CC(C)C[C@H](NC(=O)[C@H](CO)NC(=O)CNC(=O)[C@@H](NC(=O)[C@H](CC(N)=O)NC(=O)[C@@H](NC(=O)[C@@H]1CCCN1C(=O)[C@@H](NC(=O)[C@@H](N)Cc1ccc(O)cc1)C(C)C)[C@@H](C)O)C(C)C)C(=O)N[C@@H](C)C(=O)N[C@@H](Cc1ccccc1)C(=O)O. The molecule has 28 heteroatoms. The van der Waals surface area contributed by atoms with Crippen molar-refractivity contribution in [3.8, 4) is 5.75 Å². The summed E-state index contributed by atoms with van der Waals surface area (Å²) in [5.74, 6) is -12.8. The van der Waals surface area contributed by atoms with Crippen molar-refractivity contribution < 1.29 is 78.0 Å². The number of amides is 11. The third-order valence-corrected chi connectivity index (χ3v) is 13.4. The van der Waals surface area contributed by atoms with Gasteiger partial charge in [0.25, 0.3) is 0 Å². The van der Waals surface area contributed by atoms with E-state index in [1.165, 1.54) is 37.8 Å². The van der Waals surface area contributed by atoms with E-state index in [0.717, 1.165) is 6.92 Å². The van der Waals surface area contributed by atoms with Gasteiger partial charge in [-0.25, -0.2) is 4.79 Å². The van der Waals surface area contributed by atoms with E-state index in [-0.39, 0.29) is 43.9 Å². The lowest BCUT2D eigenvalue weighted by Gasteiger charge is -2.32. The number of phenols is 1. The minimum atomic E-state index is -1.80. The van der Waals surface area contributed by atoms with E-state index in [4.69, 9.17) is 11.5 Å². The summed E-state index contributed by atoms with van der Waals surface area (Å²) in [5, 5.41) is 61.8. The molecule has 0 radical (unpaired) electrons. The van der Waals surface area contributed by atoms with Gasteiger partial charge in [-0.3, -0.25) is 52.7 Å². The predicted octanol–water partition coefficient (Wildman–Crippen LogP) is -3.80. The van der Waals surface area contributed by atoms with Gasteiger partial charge < -0.3 is 84.6 Å². The van der Waals surface area contributed by atoms with Gasteiger partial charge in [-0.15, -0.1) is 0 Å². The maximum atomic E-state index is 14.0. The summed E-state index contributed by atoms with van der Waals surface area (Å²) in [7, 11) is 0. The Morgan fingerprint density at radius 2 is 1.16 bits per heavy atom. The second-order valence-corrected chi connectivity index (χ2v) is 21.6. The molecule has 0 saturated carbocycles. The van der Waals surface area contributed by atoms with Crippen LogP contribution in [0.15, 0.2) is 54.6 Å². The molecule has 0 unspecified atom stereocenters. The number of aliphatic hydroxyl groups is 2. The summed E-state index contributed by atoms with van der Waals surface area (Å²) in [5.41, 5.74) is 12.9. The van der Waals surface area contributed by atoms with Gasteiger partial charge in [0.15, 0.2) is 0 Å². The van der Waals surface area contributed by atoms with Crippen LogP contribution >= 0.6 is 0 Å². The molecule has 0 aliphatic carbocycles. The van der Waals surface area contributed by atoms with Gasteiger partial charge in [0.05, 0.1) is 31.7 Å². The smallest absolute Gasteiger partial charge is 0.326 e. The molecular weight excluding hydrogens is 1080 g/mol. The Morgan fingerprint density at radius 3 is 1.71 bits per heavy atom. The van der Waals surface area contributed by atoms with Gasteiger partial charge in [0, 0.05) is 13.0 Å². The molecule has 0 aromatic heterocycles. The average molecular weight is 1170 g/mol. The zero-order valence-corrected chi connectivity index (χ0v) is 47.9. The minimum absolute atomic E-state index is 0.0265. The summed E-state index contributed by atoms with van der Waals surface area (Å²) in [6.07, 6.45) is -1.89. The number of nitrogens with zero attached hydrogens (tertiary/aromatic N) is 1. The Balaban J connectivity index is 1.63. The Morgan fingerprint density at radius 1 is 0.602 bits per heavy atom. The van der Waals surface area contributed by atoms with Crippen LogP contribution in [0, 0.1) is 17.8 Å². The van der Waals surface area contributed by atoms with Crippen molar-refractivity contribution in [1.82, 2.24) is 52.8 Å². The lowest BCUT2D eigenvalue weighted by atomic mass is 10.00. The van der Waals surface area contributed by atoms with E-state index in [0.29, 0.717) is 17.5 Å². The molecule has 2 aromatic carbocycles. The molecule has 1 aliphatic rings. The molecule has 11 atom stereocenters. The summed E-state index contributed by atoms with van der Waals surface area (Å²) >= 11 is 0. The largest absolute Gasteiger partial charge is 0.508 e. The molecule has 458 valence electrons. The number of phenolic OH excluding ortho intramolecular Hbond substituents is 1. The molecule has 28 nitrogen and oxygen atoms in total. The Kier molecular flexibility index (Phi) is 27.5. The molecule has 2 aromatic rings. The Labute approximate surface area is 481 Å². The molecule has 1 heterocycles. The fourth-order valence-corrected chi connectivity index (χ4v) is 8.77. The van der Waals surface area contributed by atoms with Crippen molar-refractivity contribution in [2.24, 2.45) is 29.2 Å². The highest BCUT2D eigenvalue weighted by molar-refractivity contribution is 5.99. The van der Waals surface area contributed by atoms with Crippen LogP contribution in [0.5, 0.6) is 5.75 Å². The van der Waals surface area contributed by atoms with E-state index in [9.17, 15) is 78.0 Å². The van der Waals surface area contributed by atoms with Crippen LogP contribution in [0.4, 0.5) is 0 Å². The van der Waals surface area contributed by atoms with Crippen molar-refractivity contribution in [3.05, 3.63) is 65.7 Å². The summed E-state index contributed by atoms with van der Waals surface area (Å²) < 4.78 is 0. The van der Waals surface area contributed by atoms with E-state index in [2.05, 4.69) is 47.9 Å². The van der Waals surface area contributed by atoms with Crippen molar-refractivity contribution in [3.63, 3.8) is 0 Å². The highest BCUT2D eigenvalue weighted by Gasteiger charge is 2.42. The Bertz CT molecular complexity index is 2600. The maximum absolute atomic E-state index is 14.0. The second kappa shape index (κ2) is 33.0. The number of primary amides is 1.